The summed E-state index contributed by atoms with van der Waals surface area (Å²) in [7, 11) is 1.78. The minimum Gasteiger partial charge on any atom is -0.329 e. The molecule has 1 N–H and O–H groups in total. The van der Waals surface area contributed by atoms with Crippen LogP contribution in [0.15, 0.2) is 29.8 Å². The van der Waals surface area contributed by atoms with E-state index in [0.717, 1.165) is 6.07 Å². The molecule has 2 aromatic rings. The summed E-state index contributed by atoms with van der Waals surface area (Å²) in [6, 6.07) is 0.718. The van der Waals surface area contributed by atoms with E-state index in [1.807, 2.05) is 0 Å². The lowest BCUT2D eigenvalue weighted by Gasteiger charge is -2.10. The Kier molecular flexibility index (Phi) is 4.97. The van der Waals surface area contributed by atoms with Crippen molar-refractivity contribution < 1.29 is 18.0 Å². The van der Waals surface area contributed by atoms with Crippen molar-refractivity contribution in [3.05, 3.63) is 35.2 Å². The minimum absolute atomic E-state index is 0.0316. The Morgan fingerprint density at radius 1 is 1.45 bits per heavy atom. The van der Waals surface area contributed by atoms with Crippen LogP contribution in [0.3, 0.4) is 0 Å². The van der Waals surface area contributed by atoms with Crippen LogP contribution in [-0.2, 0) is 18.0 Å². The Labute approximate surface area is 132 Å². The molecule has 0 radical (unpaired) electrons. The smallest absolute Gasteiger partial charge is 0.329 e. The lowest BCUT2D eigenvalue weighted by Crippen LogP contribution is -2.16. The van der Waals surface area contributed by atoms with Gasteiger partial charge in [0, 0.05) is 25.6 Å². The number of carbonyl (C=O) groups is 1. The number of imidazole rings is 1. The molecule has 1 amide bonds. The highest BCUT2D eigenvalue weighted by molar-refractivity contribution is 7.99. The molecule has 0 bridgehead atoms. The Bertz CT molecular complexity index is 689. The summed E-state index contributed by atoms with van der Waals surface area (Å²) in [6.07, 6.45) is -0.594. The number of aryl methyl sites for hydroxylation is 1. The lowest BCUT2D eigenvalue weighted by molar-refractivity contribution is -0.137. The van der Waals surface area contributed by atoms with Crippen molar-refractivity contribution in [3.63, 3.8) is 0 Å². The monoisotopic (exact) mass is 350 g/mol. The van der Waals surface area contributed by atoms with Crippen molar-refractivity contribution in [1.82, 2.24) is 14.5 Å². The van der Waals surface area contributed by atoms with Crippen LogP contribution in [0, 0.1) is 0 Å². The number of rotatable bonds is 4. The third kappa shape index (κ3) is 4.14. The van der Waals surface area contributed by atoms with Gasteiger partial charge >= 0.3 is 6.18 Å². The van der Waals surface area contributed by atoms with Crippen LogP contribution in [0.25, 0.3) is 0 Å². The molecule has 0 aliphatic heterocycles. The number of carbonyl (C=O) groups excluding carboxylic acids is 1. The Balaban J connectivity index is 1.98. The third-order valence-corrected chi connectivity index (χ3v) is 3.88. The number of thioether (sulfide) groups is 1. The quantitative estimate of drug-likeness (QED) is 0.860. The maximum atomic E-state index is 12.5. The summed E-state index contributed by atoms with van der Waals surface area (Å²) in [5.74, 6) is -0.522. The van der Waals surface area contributed by atoms with E-state index in [1.165, 1.54) is 11.8 Å². The number of halogens is 4. The molecule has 2 rings (SSSR count). The fourth-order valence-corrected chi connectivity index (χ4v) is 2.42. The average Bonchev–Trinajstić information content (AvgIpc) is 2.83. The number of hydrogen-bond acceptors (Lipinski definition) is 4. The topological polar surface area (TPSA) is 59.8 Å². The Morgan fingerprint density at radius 2 is 2.18 bits per heavy atom. The number of nitrogens with zero attached hydrogens (tertiary/aromatic N) is 3. The first-order valence-electron chi connectivity index (χ1n) is 5.90. The maximum Gasteiger partial charge on any atom is 0.417 e. The van der Waals surface area contributed by atoms with E-state index < -0.39 is 17.6 Å². The van der Waals surface area contributed by atoms with E-state index >= 15 is 0 Å². The van der Waals surface area contributed by atoms with E-state index in [4.69, 9.17) is 11.6 Å². The molecule has 0 aromatic carbocycles. The number of hydrogen-bond donors (Lipinski definition) is 1. The van der Waals surface area contributed by atoms with Gasteiger partial charge in [0.05, 0.1) is 16.3 Å². The number of nitrogens with one attached hydrogen (secondary N) is 1. The second-order valence-electron chi connectivity index (χ2n) is 4.21. The summed E-state index contributed by atoms with van der Waals surface area (Å²) in [6.45, 7) is 0. The molecular formula is C12H10ClF3N4OS. The van der Waals surface area contributed by atoms with Gasteiger partial charge in [0.25, 0.3) is 0 Å². The highest BCUT2D eigenvalue weighted by atomic mass is 35.5. The number of alkyl halides is 3. The van der Waals surface area contributed by atoms with Crippen LogP contribution < -0.4 is 5.32 Å². The predicted molar refractivity (Wildman–Crippen MR) is 76.8 cm³/mol. The molecule has 0 unspecified atom stereocenters. The van der Waals surface area contributed by atoms with Gasteiger partial charge in [-0.15, -0.1) is 0 Å². The number of aromatic nitrogens is 3. The van der Waals surface area contributed by atoms with Gasteiger partial charge in [-0.25, -0.2) is 9.97 Å². The molecule has 2 heterocycles. The molecule has 0 aliphatic carbocycles. The predicted octanol–water partition coefficient (Wildman–Crippen LogP) is 3.22. The van der Waals surface area contributed by atoms with Crippen molar-refractivity contribution in [2.24, 2.45) is 7.05 Å². The maximum absolute atomic E-state index is 12.5. The zero-order valence-corrected chi connectivity index (χ0v) is 12.8. The zero-order valence-electron chi connectivity index (χ0n) is 11.2. The molecule has 0 spiro atoms. The van der Waals surface area contributed by atoms with Crippen LogP contribution in [0.1, 0.15) is 5.56 Å². The number of anilines is 1. The number of amides is 1. The molecule has 5 nitrogen and oxygen atoms in total. The fourth-order valence-electron chi connectivity index (χ4n) is 1.47. The van der Waals surface area contributed by atoms with Gasteiger partial charge in [0.15, 0.2) is 11.0 Å². The highest BCUT2D eigenvalue weighted by Crippen LogP contribution is 2.32. The van der Waals surface area contributed by atoms with Gasteiger partial charge in [0.1, 0.15) is 0 Å². The molecule has 0 aliphatic rings. The molecule has 0 saturated heterocycles. The van der Waals surface area contributed by atoms with E-state index in [2.05, 4.69) is 15.3 Å². The van der Waals surface area contributed by atoms with Gasteiger partial charge in [0.2, 0.25) is 5.91 Å². The molecule has 118 valence electrons. The summed E-state index contributed by atoms with van der Waals surface area (Å²) in [5.41, 5.74) is -0.974. The van der Waals surface area contributed by atoms with Gasteiger partial charge in [-0.2, -0.15) is 13.2 Å². The highest BCUT2D eigenvalue weighted by Gasteiger charge is 2.31. The summed E-state index contributed by atoms with van der Waals surface area (Å²) in [4.78, 5) is 19.3. The molecule has 10 heteroatoms. The summed E-state index contributed by atoms with van der Waals surface area (Å²) < 4.78 is 39.2. The molecule has 0 saturated carbocycles. The summed E-state index contributed by atoms with van der Waals surface area (Å²) in [5, 5.41) is 2.73. The normalized spacial score (nSPS) is 11.5. The van der Waals surface area contributed by atoms with Crippen molar-refractivity contribution in [2.75, 3.05) is 11.1 Å². The van der Waals surface area contributed by atoms with Crippen LogP contribution in [0.4, 0.5) is 19.0 Å². The zero-order chi connectivity index (χ0) is 16.3. The van der Waals surface area contributed by atoms with E-state index in [1.54, 1.807) is 24.0 Å². The second kappa shape index (κ2) is 6.57. The number of pyridine rings is 1. The standard InChI is InChI=1S/C12H10ClF3N4OS/c1-20-3-2-17-11(20)22-6-9(21)19-10-8(13)4-7(5-18-10)12(14,15)16/h2-5H,6H2,1H3,(H,18,19,21). The van der Waals surface area contributed by atoms with E-state index in [9.17, 15) is 18.0 Å². The van der Waals surface area contributed by atoms with Crippen LogP contribution in [0.5, 0.6) is 0 Å². The Hall–Kier alpha value is -1.74. The van der Waals surface area contributed by atoms with Crippen molar-refractivity contribution in [2.45, 2.75) is 11.3 Å². The molecule has 0 fully saturated rings. The van der Waals surface area contributed by atoms with Crippen LogP contribution in [-0.4, -0.2) is 26.2 Å². The molecule has 0 atom stereocenters. The molecular weight excluding hydrogens is 341 g/mol. The minimum atomic E-state index is -4.53. The van der Waals surface area contributed by atoms with Gasteiger partial charge in [-0.3, -0.25) is 4.79 Å². The van der Waals surface area contributed by atoms with E-state index in [-0.39, 0.29) is 16.6 Å². The van der Waals surface area contributed by atoms with Gasteiger partial charge in [-0.1, -0.05) is 23.4 Å². The van der Waals surface area contributed by atoms with Crippen LogP contribution >= 0.6 is 23.4 Å². The third-order valence-electron chi connectivity index (χ3n) is 2.54. The Morgan fingerprint density at radius 3 is 2.73 bits per heavy atom. The first kappa shape index (κ1) is 16.6. The summed E-state index contributed by atoms with van der Waals surface area (Å²) >= 11 is 6.89. The average molecular weight is 351 g/mol. The van der Waals surface area contributed by atoms with Gasteiger partial charge in [-0.05, 0) is 6.07 Å². The van der Waals surface area contributed by atoms with Crippen molar-refractivity contribution in [1.29, 1.82) is 0 Å². The largest absolute Gasteiger partial charge is 0.417 e. The second-order valence-corrected chi connectivity index (χ2v) is 5.56. The van der Waals surface area contributed by atoms with Crippen molar-refractivity contribution >= 4 is 35.1 Å². The fraction of sp³-hybridized carbons (Fsp3) is 0.250. The first-order chi connectivity index (χ1) is 10.3. The van der Waals surface area contributed by atoms with Gasteiger partial charge < -0.3 is 9.88 Å². The lowest BCUT2D eigenvalue weighted by atomic mass is 10.3. The first-order valence-corrected chi connectivity index (χ1v) is 7.26. The van der Waals surface area contributed by atoms with Crippen molar-refractivity contribution in [3.8, 4) is 0 Å². The van der Waals surface area contributed by atoms with E-state index in [0.29, 0.717) is 11.4 Å². The van der Waals surface area contributed by atoms with Crippen LogP contribution in [0.2, 0.25) is 5.02 Å². The molecule has 2 aromatic heterocycles. The SMILES string of the molecule is Cn1ccnc1SCC(=O)Nc1ncc(C(F)(F)F)cc1Cl. The molecule has 22 heavy (non-hydrogen) atoms.